The van der Waals surface area contributed by atoms with Gasteiger partial charge in [0.25, 0.3) is 0 Å². The zero-order valence-corrected chi connectivity index (χ0v) is 13.8. The number of nitrogens with zero attached hydrogens (tertiary/aromatic N) is 2. The topological polar surface area (TPSA) is 37.4 Å². The highest BCUT2D eigenvalue weighted by molar-refractivity contribution is 7.11. The standard InChI is InChI=1S/C15H27N3OS/c1-4-6-16-10-14-12(3)17-15(20-14)13-11-18(7-5-2)8-9-19-13/h13,16H,4-11H2,1-3H3. The quantitative estimate of drug-likeness (QED) is 0.785. The molecule has 1 aliphatic rings. The van der Waals surface area contributed by atoms with Gasteiger partial charge in [-0.15, -0.1) is 11.3 Å². The predicted molar refractivity (Wildman–Crippen MR) is 84.3 cm³/mol. The largest absolute Gasteiger partial charge is 0.368 e. The summed E-state index contributed by atoms with van der Waals surface area (Å²) in [7, 11) is 0. The van der Waals surface area contributed by atoms with Crippen LogP contribution in [-0.4, -0.2) is 42.7 Å². The SMILES string of the molecule is CCCNCc1sc(C2CN(CCC)CCO2)nc1C. The molecule has 1 atom stereocenters. The van der Waals surface area contributed by atoms with Gasteiger partial charge in [-0.1, -0.05) is 13.8 Å². The molecule has 0 saturated carbocycles. The third-order valence-corrected chi connectivity index (χ3v) is 4.84. The molecule has 114 valence electrons. The minimum Gasteiger partial charge on any atom is -0.368 e. The summed E-state index contributed by atoms with van der Waals surface area (Å²) in [6.07, 6.45) is 2.54. The van der Waals surface area contributed by atoms with Gasteiger partial charge in [-0.3, -0.25) is 4.90 Å². The van der Waals surface area contributed by atoms with E-state index in [0.717, 1.165) is 50.0 Å². The van der Waals surface area contributed by atoms with Crippen LogP contribution >= 0.6 is 11.3 Å². The maximum atomic E-state index is 5.92. The van der Waals surface area contributed by atoms with Gasteiger partial charge >= 0.3 is 0 Å². The number of nitrogens with one attached hydrogen (secondary N) is 1. The number of aryl methyl sites for hydroxylation is 1. The Morgan fingerprint density at radius 2 is 2.25 bits per heavy atom. The molecule has 0 radical (unpaired) electrons. The van der Waals surface area contributed by atoms with E-state index in [4.69, 9.17) is 9.72 Å². The molecule has 0 aromatic carbocycles. The van der Waals surface area contributed by atoms with Crippen molar-refractivity contribution in [3.8, 4) is 0 Å². The van der Waals surface area contributed by atoms with Crippen molar-refractivity contribution in [1.82, 2.24) is 15.2 Å². The second kappa shape index (κ2) is 8.08. The van der Waals surface area contributed by atoms with Gasteiger partial charge in [-0.25, -0.2) is 4.98 Å². The highest BCUT2D eigenvalue weighted by Gasteiger charge is 2.24. The van der Waals surface area contributed by atoms with Gasteiger partial charge in [0.15, 0.2) is 0 Å². The number of rotatable bonds is 7. The molecule has 1 N–H and O–H groups in total. The lowest BCUT2D eigenvalue weighted by atomic mass is 10.2. The smallest absolute Gasteiger partial charge is 0.123 e. The Balaban J connectivity index is 1.96. The predicted octanol–water partition coefficient (Wildman–Crippen LogP) is 2.73. The van der Waals surface area contributed by atoms with Gasteiger partial charge in [0.05, 0.1) is 12.3 Å². The van der Waals surface area contributed by atoms with Crippen molar-refractivity contribution in [2.24, 2.45) is 0 Å². The first-order valence-electron chi connectivity index (χ1n) is 7.75. The van der Waals surface area contributed by atoms with E-state index in [-0.39, 0.29) is 6.10 Å². The summed E-state index contributed by atoms with van der Waals surface area (Å²) in [6.45, 7) is 12.6. The lowest BCUT2D eigenvalue weighted by Crippen LogP contribution is -2.38. The number of ether oxygens (including phenoxy) is 1. The summed E-state index contributed by atoms with van der Waals surface area (Å²) in [5, 5.41) is 4.61. The van der Waals surface area contributed by atoms with Gasteiger partial charge in [0, 0.05) is 24.5 Å². The molecular weight excluding hydrogens is 270 g/mol. The molecule has 1 fully saturated rings. The second-order valence-electron chi connectivity index (χ2n) is 5.40. The molecule has 1 unspecified atom stereocenters. The summed E-state index contributed by atoms with van der Waals surface area (Å²) in [4.78, 5) is 8.57. The fourth-order valence-electron chi connectivity index (χ4n) is 2.50. The zero-order chi connectivity index (χ0) is 14.4. The van der Waals surface area contributed by atoms with Crippen molar-refractivity contribution in [2.45, 2.75) is 46.3 Å². The molecule has 0 spiro atoms. The van der Waals surface area contributed by atoms with Crippen LogP contribution in [0.2, 0.25) is 0 Å². The zero-order valence-electron chi connectivity index (χ0n) is 12.9. The fourth-order valence-corrected chi connectivity index (χ4v) is 3.58. The Morgan fingerprint density at radius 1 is 1.40 bits per heavy atom. The van der Waals surface area contributed by atoms with E-state index in [9.17, 15) is 0 Å². The molecule has 1 aromatic rings. The van der Waals surface area contributed by atoms with Gasteiger partial charge in [0.1, 0.15) is 11.1 Å². The van der Waals surface area contributed by atoms with E-state index in [1.807, 2.05) is 11.3 Å². The van der Waals surface area contributed by atoms with Crippen LogP contribution in [0.1, 0.15) is 48.4 Å². The van der Waals surface area contributed by atoms with Crippen LogP contribution in [0.4, 0.5) is 0 Å². The molecule has 20 heavy (non-hydrogen) atoms. The van der Waals surface area contributed by atoms with Crippen LogP contribution in [0.15, 0.2) is 0 Å². The Labute approximate surface area is 126 Å². The highest BCUT2D eigenvalue weighted by Crippen LogP contribution is 2.28. The lowest BCUT2D eigenvalue weighted by Gasteiger charge is -2.31. The average Bonchev–Trinajstić information content (AvgIpc) is 2.82. The van der Waals surface area contributed by atoms with Crippen molar-refractivity contribution in [3.05, 3.63) is 15.6 Å². The molecule has 2 heterocycles. The number of thiazole rings is 1. The second-order valence-corrected chi connectivity index (χ2v) is 6.51. The number of morpholine rings is 1. The van der Waals surface area contributed by atoms with Crippen molar-refractivity contribution < 1.29 is 4.74 Å². The van der Waals surface area contributed by atoms with E-state index in [1.54, 1.807) is 0 Å². The van der Waals surface area contributed by atoms with Crippen molar-refractivity contribution in [3.63, 3.8) is 0 Å². The van der Waals surface area contributed by atoms with Crippen LogP contribution in [0.3, 0.4) is 0 Å². The fraction of sp³-hybridized carbons (Fsp3) is 0.800. The van der Waals surface area contributed by atoms with E-state index in [1.165, 1.54) is 17.7 Å². The molecule has 0 amide bonds. The summed E-state index contributed by atoms with van der Waals surface area (Å²) in [5.74, 6) is 0. The van der Waals surface area contributed by atoms with Crippen LogP contribution in [-0.2, 0) is 11.3 Å². The molecule has 0 bridgehead atoms. The van der Waals surface area contributed by atoms with Crippen molar-refractivity contribution in [2.75, 3.05) is 32.8 Å². The van der Waals surface area contributed by atoms with Gasteiger partial charge in [-0.2, -0.15) is 0 Å². The van der Waals surface area contributed by atoms with E-state index in [2.05, 4.69) is 31.0 Å². The Hall–Kier alpha value is -0.490. The molecule has 4 nitrogen and oxygen atoms in total. The average molecular weight is 297 g/mol. The third kappa shape index (κ3) is 4.25. The highest BCUT2D eigenvalue weighted by atomic mass is 32.1. The molecule has 0 aliphatic carbocycles. The molecule has 5 heteroatoms. The first-order valence-corrected chi connectivity index (χ1v) is 8.57. The molecule has 2 rings (SSSR count). The summed E-state index contributed by atoms with van der Waals surface area (Å²) >= 11 is 1.81. The Morgan fingerprint density at radius 3 is 3.00 bits per heavy atom. The van der Waals surface area contributed by atoms with E-state index in [0.29, 0.717) is 0 Å². The van der Waals surface area contributed by atoms with E-state index < -0.39 is 0 Å². The van der Waals surface area contributed by atoms with Crippen molar-refractivity contribution in [1.29, 1.82) is 0 Å². The van der Waals surface area contributed by atoms with Crippen LogP contribution < -0.4 is 5.32 Å². The molecular formula is C15H27N3OS. The summed E-state index contributed by atoms with van der Waals surface area (Å²) in [5.41, 5.74) is 1.16. The molecule has 1 aliphatic heterocycles. The summed E-state index contributed by atoms with van der Waals surface area (Å²) < 4.78 is 5.92. The van der Waals surface area contributed by atoms with Crippen LogP contribution in [0.5, 0.6) is 0 Å². The number of hydrogen-bond acceptors (Lipinski definition) is 5. The first-order chi connectivity index (χ1) is 9.74. The van der Waals surface area contributed by atoms with Crippen LogP contribution in [0.25, 0.3) is 0 Å². The number of aromatic nitrogens is 1. The minimum atomic E-state index is 0.166. The van der Waals surface area contributed by atoms with Crippen molar-refractivity contribution >= 4 is 11.3 Å². The Kier molecular flexibility index (Phi) is 6.42. The monoisotopic (exact) mass is 297 g/mol. The van der Waals surface area contributed by atoms with Crippen LogP contribution in [0, 0.1) is 6.92 Å². The maximum absolute atomic E-state index is 5.92. The van der Waals surface area contributed by atoms with E-state index >= 15 is 0 Å². The molecule has 1 aromatic heterocycles. The maximum Gasteiger partial charge on any atom is 0.123 e. The van der Waals surface area contributed by atoms with Gasteiger partial charge < -0.3 is 10.1 Å². The molecule has 1 saturated heterocycles. The lowest BCUT2D eigenvalue weighted by molar-refractivity contribution is -0.0299. The summed E-state index contributed by atoms with van der Waals surface area (Å²) in [6, 6.07) is 0. The first kappa shape index (κ1) is 15.9. The Bertz CT molecular complexity index is 406. The minimum absolute atomic E-state index is 0.166. The normalized spacial score (nSPS) is 20.4. The third-order valence-electron chi connectivity index (χ3n) is 3.59. The number of hydrogen-bond donors (Lipinski definition) is 1. The van der Waals surface area contributed by atoms with Gasteiger partial charge in [-0.05, 0) is 32.9 Å². The van der Waals surface area contributed by atoms with Gasteiger partial charge in [0.2, 0.25) is 0 Å².